The van der Waals surface area contributed by atoms with Crippen molar-refractivity contribution in [2.24, 2.45) is 0 Å². The second-order valence-corrected chi connectivity index (χ2v) is 6.56. The van der Waals surface area contributed by atoms with Crippen LogP contribution in [0.3, 0.4) is 0 Å². The van der Waals surface area contributed by atoms with Crippen molar-refractivity contribution in [1.29, 1.82) is 0 Å². The van der Waals surface area contributed by atoms with Crippen LogP contribution in [0.1, 0.15) is 24.0 Å². The van der Waals surface area contributed by atoms with E-state index in [9.17, 15) is 14.4 Å². The van der Waals surface area contributed by atoms with E-state index in [0.29, 0.717) is 10.9 Å². The summed E-state index contributed by atoms with van der Waals surface area (Å²) in [6.45, 7) is 0.201. The molecular weight excluding hydrogens is 330 g/mol. The fraction of sp³-hybridized carbons (Fsp3) is 0.250. The average Bonchev–Trinajstić information content (AvgIpc) is 3.09. The van der Waals surface area contributed by atoms with Gasteiger partial charge in [-0.25, -0.2) is 4.79 Å². The highest BCUT2D eigenvalue weighted by molar-refractivity contribution is 5.91. The number of benzene rings is 2. The third kappa shape index (κ3) is 3.06. The Labute approximate surface area is 149 Å². The maximum absolute atomic E-state index is 12.3. The molecule has 0 fully saturated rings. The van der Waals surface area contributed by atoms with Crippen LogP contribution in [0.5, 0.6) is 0 Å². The fourth-order valence-corrected chi connectivity index (χ4v) is 3.55. The molecule has 1 aromatic heterocycles. The fourth-order valence-electron chi connectivity index (χ4n) is 3.55. The number of hydrogen-bond acceptors (Lipinski definition) is 3. The summed E-state index contributed by atoms with van der Waals surface area (Å²) in [6, 6.07) is 12.9. The van der Waals surface area contributed by atoms with Gasteiger partial charge in [0.1, 0.15) is 0 Å². The Kier molecular flexibility index (Phi) is 4.16. The Bertz CT molecular complexity index is 1110. The van der Waals surface area contributed by atoms with Gasteiger partial charge in [0.25, 0.3) is 5.56 Å². The van der Waals surface area contributed by atoms with Gasteiger partial charge in [-0.3, -0.25) is 19.1 Å². The minimum Gasteiger partial charge on any atom is -0.326 e. The molecule has 1 aliphatic rings. The van der Waals surface area contributed by atoms with Crippen LogP contribution in [0, 0.1) is 0 Å². The predicted octanol–water partition coefficient (Wildman–Crippen LogP) is 2.21. The number of fused-ring (bicyclic) bond motifs is 2. The van der Waals surface area contributed by atoms with Crippen LogP contribution in [0.25, 0.3) is 10.9 Å². The third-order valence-electron chi connectivity index (χ3n) is 4.85. The van der Waals surface area contributed by atoms with E-state index in [4.69, 9.17) is 0 Å². The highest BCUT2D eigenvalue weighted by Crippen LogP contribution is 2.24. The molecule has 0 atom stereocenters. The van der Waals surface area contributed by atoms with Crippen molar-refractivity contribution in [2.45, 2.75) is 32.2 Å². The number of carbonyl (C=O) groups is 1. The number of carbonyl (C=O) groups excluding carboxylic acids is 1. The number of rotatable bonds is 4. The standard InChI is InChI=1S/C20H19N3O3/c24-18(21-15-9-8-13-4-3-5-14(13)12-15)10-11-23-17-7-2-1-6-16(17)19(25)22-20(23)26/h1-2,6-9,12H,3-5,10-11H2,(H,21,24)(H,22,25,26). The maximum atomic E-state index is 12.3. The summed E-state index contributed by atoms with van der Waals surface area (Å²) >= 11 is 0. The van der Waals surface area contributed by atoms with Crippen LogP contribution < -0.4 is 16.6 Å². The summed E-state index contributed by atoms with van der Waals surface area (Å²) in [5.41, 5.74) is 3.06. The third-order valence-corrected chi connectivity index (χ3v) is 4.85. The molecule has 2 N–H and O–H groups in total. The van der Waals surface area contributed by atoms with Gasteiger partial charge in [-0.2, -0.15) is 0 Å². The van der Waals surface area contributed by atoms with Crippen LogP contribution in [0.15, 0.2) is 52.1 Å². The minimum atomic E-state index is -0.501. The van der Waals surface area contributed by atoms with Gasteiger partial charge < -0.3 is 5.32 Å². The van der Waals surface area contributed by atoms with E-state index in [2.05, 4.69) is 16.4 Å². The molecular formula is C20H19N3O3. The molecule has 6 heteroatoms. The number of hydrogen-bond donors (Lipinski definition) is 2. The topological polar surface area (TPSA) is 84.0 Å². The maximum Gasteiger partial charge on any atom is 0.328 e. The van der Waals surface area contributed by atoms with Crippen LogP contribution in [-0.4, -0.2) is 15.5 Å². The number of aromatic nitrogens is 2. The normalized spacial score (nSPS) is 12.9. The van der Waals surface area contributed by atoms with Crippen molar-refractivity contribution < 1.29 is 4.79 Å². The number of amides is 1. The van der Waals surface area contributed by atoms with Crippen molar-refractivity contribution in [3.05, 3.63) is 74.4 Å². The quantitative estimate of drug-likeness (QED) is 0.757. The molecule has 0 unspecified atom stereocenters. The number of H-pyrrole nitrogens is 1. The van der Waals surface area contributed by atoms with Crippen LogP contribution in [0.4, 0.5) is 5.69 Å². The van der Waals surface area contributed by atoms with Gasteiger partial charge in [-0.15, -0.1) is 0 Å². The summed E-state index contributed by atoms with van der Waals surface area (Å²) < 4.78 is 1.43. The first-order valence-corrected chi connectivity index (χ1v) is 8.75. The van der Waals surface area contributed by atoms with Crippen LogP contribution in [0.2, 0.25) is 0 Å². The van der Waals surface area contributed by atoms with Crippen LogP contribution in [-0.2, 0) is 24.2 Å². The highest BCUT2D eigenvalue weighted by Gasteiger charge is 2.13. The van der Waals surface area contributed by atoms with Crippen molar-refractivity contribution in [1.82, 2.24) is 9.55 Å². The van der Waals surface area contributed by atoms with Crippen molar-refractivity contribution in [3.8, 4) is 0 Å². The summed E-state index contributed by atoms with van der Waals surface area (Å²) in [5.74, 6) is -0.162. The Morgan fingerprint density at radius 2 is 1.88 bits per heavy atom. The van der Waals surface area contributed by atoms with Gasteiger partial charge in [0, 0.05) is 18.7 Å². The molecule has 1 heterocycles. The number of anilines is 1. The van der Waals surface area contributed by atoms with E-state index < -0.39 is 11.2 Å². The largest absolute Gasteiger partial charge is 0.328 e. The first-order valence-electron chi connectivity index (χ1n) is 8.75. The average molecular weight is 349 g/mol. The smallest absolute Gasteiger partial charge is 0.326 e. The monoisotopic (exact) mass is 349 g/mol. The van der Waals surface area contributed by atoms with E-state index >= 15 is 0 Å². The first kappa shape index (κ1) is 16.3. The number of aryl methyl sites for hydroxylation is 3. The molecule has 6 nitrogen and oxygen atoms in total. The van der Waals surface area contributed by atoms with E-state index in [-0.39, 0.29) is 18.9 Å². The van der Waals surface area contributed by atoms with Gasteiger partial charge in [-0.05, 0) is 54.7 Å². The lowest BCUT2D eigenvalue weighted by Gasteiger charge is -2.10. The van der Waals surface area contributed by atoms with Gasteiger partial charge in [0.15, 0.2) is 0 Å². The van der Waals surface area contributed by atoms with Crippen molar-refractivity contribution in [2.75, 3.05) is 5.32 Å². The summed E-state index contributed by atoms with van der Waals surface area (Å²) in [4.78, 5) is 38.6. The number of para-hydroxylation sites is 1. The Morgan fingerprint density at radius 3 is 2.77 bits per heavy atom. The highest BCUT2D eigenvalue weighted by atomic mass is 16.2. The van der Waals surface area contributed by atoms with Gasteiger partial charge in [0.05, 0.1) is 10.9 Å². The molecule has 0 saturated heterocycles. The molecule has 0 saturated carbocycles. The molecule has 4 rings (SSSR count). The molecule has 0 spiro atoms. The van der Waals surface area contributed by atoms with Gasteiger partial charge in [0.2, 0.25) is 5.91 Å². The van der Waals surface area contributed by atoms with Gasteiger partial charge >= 0.3 is 5.69 Å². The second-order valence-electron chi connectivity index (χ2n) is 6.56. The Balaban J connectivity index is 1.51. The number of aromatic amines is 1. The van der Waals surface area contributed by atoms with Crippen molar-refractivity contribution >= 4 is 22.5 Å². The predicted molar refractivity (Wildman–Crippen MR) is 101 cm³/mol. The Hall–Kier alpha value is -3.15. The van der Waals surface area contributed by atoms with E-state index in [0.717, 1.165) is 24.9 Å². The Morgan fingerprint density at radius 1 is 1.08 bits per heavy atom. The molecule has 2 aromatic carbocycles. The van der Waals surface area contributed by atoms with Crippen LogP contribution >= 0.6 is 0 Å². The molecule has 1 aliphatic carbocycles. The lowest BCUT2D eigenvalue weighted by molar-refractivity contribution is -0.116. The number of nitrogens with zero attached hydrogens (tertiary/aromatic N) is 1. The molecule has 1 amide bonds. The first-order chi connectivity index (χ1) is 12.6. The lowest BCUT2D eigenvalue weighted by Crippen LogP contribution is -2.31. The van der Waals surface area contributed by atoms with E-state index in [1.807, 2.05) is 12.1 Å². The zero-order chi connectivity index (χ0) is 18.1. The molecule has 0 aliphatic heterocycles. The van der Waals surface area contributed by atoms with Gasteiger partial charge in [-0.1, -0.05) is 18.2 Å². The summed E-state index contributed by atoms with van der Waals surface area (Å²) in [6.07, 6.45) is 3.46. The van der Waals surface area contributed by atoms with E-state index in [1.54, 1.807) is 24.3 Å². The molecule has 132 valence electrons. The molecule has 0 radical (unpaired) electrons. The molecule has 3 aromatic rings. The van der Waals surface area contributed by atoms with Crippen molar-refractivity contribution in [3.63, 3.8) is 0 Å². The lowest BCUT2D eigenvalue weighted by atomic mass is 10.1. The number of nitrogens with one attached hydrogen (secondary N) is 2. The summed E-state index contributed by atoms with van der Waals surface area (Å²) in [7, 11) is 0. The second kappa shape index (κ2) is 6.63. The zero-order valence-electron chi connectivity index (χ0n) is 14.2. The molecule has 26 heavy (non-hydrogen) atoms. The zero-order valence-corrected chi connectivity index (χ0v) is 14.2. The van der Waals surface area contributed by atoms with E-state index in [1.165, 1.54) is 15.7 Å². The minimum absolute atomic E-state index is 0.146. The molecule has 0 bridgehead atoms. The SMILES string of the molecule is O=C(CCn1c(=O)[nH]c(=O)c2ccccc21)Nc1ccc2c(c1)CCC2. The summed E-state index contributed by atoms with van der Waals surface area (Å²) in [5, 5.41) is 3.33.